The fourth-order valence-corrected chi connectivity index (χ4v) is 2.75. The second kappa shape index (κ2) is 8.35. The molecule has 2 aromatic heterocycles. The van der Waals surface area contributed by atoms with E-state index in [1.807, 2.05) is 12.1 Å². The van der Waals surface area contributed by atoms with Crippen molar-refractivity contribution >= 4 is 23.0 Å². The summed E-state index contributed by atoms with van der Waals surface area (Å²) in [6, 6.07) is 12.5. The first-order valence-electron chi connectivity index (χ1n) is 8.85. The van der Waals surface area contributed by atoms with Crippen LogP contribution in [0.1, 0.15) is 40.9 Å². The van der Waals surface area contributed by atoms with Gasteiger partial charge in [-0.2, -0.15) is 0 Å². The van der Waals surface area contributed by atoms with E-state index >= 15 is 0 Å². The summed E-state index contributed by atoms with van der Waals surface area (Å²) in [7, 11) is 1.54. The molecule has 7 nitrogen and oxygen atoms in total. The number of unbranched alkanes of at least 4 members (excludes halogenated alkanes) is 1. The predicted molar refractivity (Wildman–Crippen MR) is 103 cm³/mol. The second-order valence-corrected chi connectivity index (χ2v) is 6.00. The van der Waals surface area contributed by atoms with Gasteiger partial charge in [0.2, 0.25) is 5.82 Å². The van der Waals surface area contributed by atoms with E-state index in [1.54, 1.807) is 40.9 Å². The van der Waals surface area contributed by atoms with Crippen LogP contribution in [-0.4, -0.2) is 34.9 Å². The van der Waals surface area contributed by atoms with Gasteiger partial charge in [-0.3, -0.25) is 14.0 Å². The number of nitrogens with zero attached hydrogens (tertiary/aromatic N) is 2. The molecule has 0 fully saturated rings. The molecule has 140 valence electrons. The third kappa shape index (κ3) is 3.92. The lowest BCUT2D eigenvalue weighted by molar-refractivity contribution is 0.0950. The third-order valence-corrected chi connectivity index (χ3v) is 4.14. The van der Waals surface area contributed by atoms with Gasteiger partial charge in [0.25, 0.3) is 11.8 Å². The monoisotopic (exact) mass is 366 g/mol. The van der Waals surface area contributed by atoms with E-state index in [-0.39, 0.29) is 17.4 Å². The molecule has 2 N–H and O–H groups in total. The lowest BCUT2D eigenvalue weighted by Gasteiger charge is -2.09. The van der Waals surface area contributed by atoms with Gasteiger partial charge in [-0.1, -0.05) is 31.5 Å². The number of carbonyl (C=O) groups is 2. The number of rotatable bonds is 7. The molecule has 0 atom stereocenters. The van der Waals surface area contributed by atoms with Crippen molar-refractivity contribution in [3.8, 4) is 5.75 Å². The zero-order valence-corrected chi connectivity index (χ0v) is 15.4. The highest BCUT2D eigenvalue weighted by Gasteiger charge is 2.21. The standard InChI is InChI=1S/C20H22N4O3/c1-3-4-12-21-19(25)17-15-10-7-8-13-24(15)18(23-17)20(26)22-14-9-5-6-11-16(14)27-2/h5-11,13H,3-4,12H2,1-2H3,(H,21,25)(H,22,26). The fourth-order valence-electron chi connectivity index (χ4n) is 2.75. The first-order valence-corrected chi connectivity index (χ1v) is 8.85. The van der Waals surface area contributed by atoms with Gasteiger partial charge in [-0.15, -0.1) is 0 Å². The number of carbonyl (C=O) groups excluding carboxylic acids is 2. The number of hydrogen-bond donors (Lipinski definition) is 2. The average molecular weight is 366 g/mol. The van der Waals surface area contributed by atoms with Crippen molar-refractivity contribution in [3.05, 3.63) is 60.2 Å². The maximum atomic E-state index is 12.8. The Kier molecular flexibility index (Phi) is 5.71. The lowest BCUT2D eigenvalue weighted by atomic mass is 10.3. The van der Waals surface area contributed by atoms with Gasteiger partial charge in [-0.05, 0) is 30.7 Å². The van der Waals surface area contributed by atoms with E-state index in [1.165, 1.54) is 7.11 Å². The van der Waals surface area contributed by atoms with Crippen LogP contribution in [0.2, 0.25) is 0 Å². The van der Waals surface area contributed by atoms with Crippen LogP contribution in [0.25, 0.3) is 5.52 Å². The number of aromatic nitrogens is 2. The second-order valence-electron chi connectivity index (χ2n) is 6.00. The van der Waals surface area contributed by atoms with Gasteiger partial charge in [0.15, 0.2) is 5.69 Å². The van der Waals surface area contributed by atoms with Gasteiger partial charge in [0, 0.05) is 12.7 Å². The Morgan fingerprint density at radius 1 is 1.11 bits per heavy atom. The van der Waals surface area contributed by atoms with Crippen molar-refractivity contribution in [3.63, 3.8) is 0 Å². The molecule has 0 spiro atoms. The lowest BCUT2D eigenvalue weighted by Crippen LogP contribution is -2.25. The van der Waals surface area contributed by atoms with E-state index in [9.17, 15) is 9.59 Å². The summed E-state index contributed by atoms with van der Waals surface area (Å²) in [5.41, 5.74) is 1.35. The summed E-state index contributed by atoms with van der Waals surface area (Å²) in [4.78, 5) is 29.6. The van der Waals surface area contributed by atoms with Crippen molar-refractivity contribution < 1.29 is 14.3 Å². The Morgan fingerprint density at radius 2 is 1.89 bits per heavy atom. The van der Waals surface area contributed by atoms with Gasteiger partial charge in [-0.25, -0.2) is 4.98 Å². The van der Waals surface area contributed by atoms with Crippen molar-refractivity contribution in [2.24, 2.45) is 0 Å². The Labute approximate surface area is 157 Å². The Bertz CT molecular complexity index is 965. The number of imidazole rings is 1. The number of pyridine rings is 1. The SMILES string of the molecule is CCCCNC(=O)c1nc(C(=O)Nc2ccccc2OC)n2ccccc12. The Hall–Kier alpha value is -3.35. The van der Waals surface area contributed by atoms with Crippen LogP contribution >= 0.6 is 0 Å². The molecule has 3 aromatic rings. The summed E-state index contributed by atoms with van der Waals surface area (Å²) in [5.74, 6) is -0.0295. The number of benzene rings is 1. The molecule has 2 heterocycles. The highest BCUT2D eigenvalue weighted by atomic mass is 16.5. The number of amides is 2. The van der Waals surface area contributed by atoms with E-state index < -0.39 is 5.91 Å². The fraction of sp³-hybridized carbons (Fsp3) is 0.250. The van der Waals surface area contributed by atoms with Crippen molar-refractivity contribution in [2.45, 2.75) is 19.8 Å². The molecule has 0 radical (unpaired) electrons. The molecule has 2 amide bonds. The van der Waals surface area contributed by atoms with E-state index in [0.717, 1.165) is 12.8 Å². The Morgan fingerprint density at radius 3 is 2.67 bits per heavy atom. The molecule has 1 aromatic carbocycles. The van der Waals surface area contributed by atoms with Gasteiger partial charge >= 0.3 is 0 Å². The minimum Gasteiger partial charge on any atom is -0.495 e. The van der Waals surface area contributed by atoms with Gasteiger partial charge in [0.05, 0.1) is 18.3 Å². The number of fused-ring (bicyclic) bond motifs is 1. The maximum absolute atomic E-state index is 12.8. The number of methoxy groups -OCH3 is 1. The molecule has 0 unspecified atom stereocenters. The summed E-state index contributed by atoms with van der Waals surface area (Å²) in [6.07, 6.45) is 3.58. The van der Waals surface area contributed by atoms with E-state index in [2.05, 4.69) is 22.5 Å². The molecule has 27 heavy (non-hydrogen) atoms. The van der Waals surface area contributed by atoms with Crippen LogP contribution < -0.4 is 15.4 Å². The minimum atomic E-state index is -0.423. The maximum Gasteiger partial charge on any atom is 0.292 e. The topological polar surface area (TPSA) is 84.7 Å². The van der Waals surface area contributed by atoms with Crippen LogP contribution in [-0.2, 0) is 0 Å². The molecular formula is C20H22N4O3. The highest BCUT2D eigenvalue weighted by Crippen LogP contribution is 2.24. The Balaban J connectivity index is 1.92. The largest absolute Gasteiger partial charge is 0.495 e. The van der Waals surface area contributed by atoms with Crippen LogP contribution in [0.15, 0.2) is 48.7 Å². The first-order chi connectivity index (χ1) is 13.2. The summed E-state index contributed by atoms with van der Waals surface area (Å²) in [6.45, 7) is 2.63. The van der Waals surface area contributed by atoms with Gasteiger partial charge in [0.1, 0.15) is 5.75 Å². The number of anilines is 1. The van der Waals surface area contributed by atoms with Crippen molar-refractivity contribution in [1.82, 2.24) is 14.7 Å². The van der Waals surface area contributed by atoms with Crippen LogP contribution in [0, 0.1) is 0 Å². The minimum absolute atomic E-state index is 0.136. The number of hydrogen-bond acceptors (Lipinski definition) is 4. The summed E-state index contributed by atoms with van der Waals surface area (Å²) >= 11 is 0. The molecule has 0 bridgehead atoms. The molecule has 7 heteroatoms. The van der Waals surface area contributed by atoms with Crippen LogP contribution in [0.4, 0.5) is 5.69 Å². The van der Waals surface area contributed by atoms with E-state index in [0.29, 0.717) is 23.5 Å². The van der Waals surface area contributed by atoms with Crippen LogP contribution in [0.5, 0.6) is 5.75 Å². The first kappa shape index (κ1) is 18.4. The summed E-state index contributed by atoms with van der Waals surface area (Å²) < 4.78 is 6.87. The smallest absolute Gasteiger partial charge is 0.292 e. The molecular weight excluding hydrogens is 344 g/mol. The quantitative estimate of drug-likeness (QED) is 0.629. The zero-order chi connectivity index (χ0) is 19.2. The summed E-state index contributed by atoms with van der Waals surface area (Å²) in [5, 5.41) is 5.64. The molecule has 0 saturated heterocycles. The molecule has 0 aliphatic heterocycles. The van der Waals surface area contributed by atoms with Crippen molar-refractivity contribution in [1.29, 1.82) is 0 Å². The molecule has 0 aliphatic carbocycles. The number of nitrogens with one attached hydrogen (secondary N) is 2. The van der Waals surface area contributed by atoms with E-state index in [4.69, 9.17) is 4.74 Å². The van der Waals surface area contributed by atoms with Crippen LogP contribution in [0.3, 0.4) is 0 Å². The van der Waals surface area contributed by atoms with Gasteiger partial charge < -0.3 is 15.4 Å². The molecule has 0 saturated carbocycles. The zero-order valence-electron chi connectivity index (χ0n) is 15.4. The molecule has 3 rings (SSSR count). The number of ether oxygens (including phenoxy) is 1. The number of para-hydroxylation sites is 2. The normalized spacial score (nSPS) is 10.6. The average Bonchev–Trinajstić information content (AvgIpc) is 3.08. The molecule has 0 aliphatic rings. The predicted octanol–water partition coefficient (Wildman–Crippen LogP) is 3.13. The van der Waals surface area contributed by atoms with Crippen molar-refractivity contribution in [2.75, 3.05) is 19.0 Å². The third-order valence-electron chi connectivity index (χ3n) is 4.14. The highest BCUT2D eigenvalue weighted by molar-refractivity contribution is 6.06.